The molecule has 6 heteroatoms. The molecule has 0 amide bonds. The van der Waals surface area contributed by atoms with Gasteiger partial charge in [-0.15, -0.1) is 11.8 Å². The lowest BCUT2D eigenvalue weighted by atomic mass is 10.2. The molecule has 2 heterocycles. The van der Waals surface area contributed by atoms with Crippen LogP contribution in [0.4, 0.5) is 5.82 Å². The lowest BCUT2D eigenvalue weighted by Crippen LogP contribution is -2.18. The van der Waals surface area contributed by atoms with Gasteiger partial charge in [-0.25, -0.2) is 9.97 Å². The van der Waals surface area contributed by atoms with Gasteiger partial charge in [-0.3, -0.25) is 4.68 Å². The van der Waals surface area contributed by atoms with Crippen LogP contribution in [-0.2, 0) is 13.6 Å². The summed E-state index contributed by atoms with van der Waals surface area (Å²) in [5, 5.41) is 5.23. The van der Waals surface area contributed by atoms with Crippen LogP contribution in [0.15, 0.2) is 41.7 Å². The minimum atomic E-state index is 0.801. The predicted octanol–water partition coefficient (Wildman–Crippen LogP) is 2.72. The smallest absolute Gasteiger partial charge is 0.163 e. The Kier molecular flexibility index (Phi) is 3.79. The lowest BCUT2D eigenvalue weighted by Gasteiger charge is -2.18. The first kappa shape index (κ1) is 13.9. The van der Waals surface area contributed by atoms with Gasteiger partial charge in [0, 0.05) is 25.5 Å². The quantitative estimate of drug-likeness (QED) is 0.693. The molecule has 0 atom stereocenters. The van der Waals surface area contributed by atoms with E-state index in [1.165, 1.54) is 10.5 Å². The molecule has 5 nitrogen and oxygen atoms in total. The number of anilines is 1. The zero-order chi connectivity index (χ0) is 14.8. The Balaban J connectivity index is 1.87. The number of aromatic nitrogens is 4. The van der Waals surface area contributed by atoms with E-state index in [1.807, 2.05) is 20.3 Å². The zero-order valence-electron chi connectivity index (χ0n) is 12.3. The van der Waals surface area contributed by atoms with Gasteiger partial charge >= 0.3 is 0 Å². The highest BCUT2D eigenvalue weighted by Gasteiger charge is 2.11. The van der Waals surface area contributed by atoms with Gasteiger partial charge in [-0.2, -0.15) is 5.10 Å². The van der Waals surface area contributed by atoms with Crippen molar-refractivity contribution in [3.05, 3.63) is 42.4 Å². The molecule has 0 saturated carbocycles. The first-order valence-corrected chi connectivity index (χ1v) is 7.88. The first-order valence-electron chi connectivity index (χ1n) is 6.66. The predicted molar refractivity (Wildman–Crippen MR) is 86.6 cm³/mol. The Hall–Kier alpha value is -2.08. The third-order valence-electron chi connectivity index (χ3n) is 3.45. The standard InChI is InChI=1S/C15H17N5S/c1-19(9-11-4-6-12(21-3)7-5-11)14-13-8-18-20(2)15(13)17-10-16-14/h4-8,10H,9H2,1-3H3. The summed E-state index contributed by atoms with van der Waals surface area (Å²) in [7, 11) is 3.93. The van der Waals surface area contributed by atoms with E-state index in [0.717, 1.165) is 23.4 Å². The van der Waals surface area contributed by atoms with Crippen molar-refractivity contribution in [2.45, 2.75) is 11.4 Å². The normalized spacial score (nSPS) is 11.0. The van der Waals surface area contributed by atoms with E-state index in [2.05, 4.69) is 50.5 Å². The second-order valence-electron chi connectivity index (χ2n) is 4.91. The van der Waals surface area contributed by atoms with Crippen molar-refractivity contribution in [3.8, 4) is 0 Å². The second-order valence-corrected chi connectivity index (χ2v) is 5.79. The van der Waals surface area contributed by atoms with E-state index in [0.29, 0.717) is 0 Å². The highest BCUT2D eigenvalue weighted by molar-refractivity contribution is 7.98. The number of nitrogens with zero attached hydrogens (tertiary/aromatic N) is 5. The molecule has 0 aliphatic rings. The molecule has 0 aliphatic heterocycles. The van der Waals surface area contributed by atoms with Gasteiger partial charge in [0.1, 0.15) is 12.1 Å². The van der Waals surface area contributed by atoms with Gasteiger partial charge < -0.3 is 4.90 Å². The number of hydrogen-bond acceptors (Lipinski definition) is 5. The molecule has 3 aromatic rings. The van der Waals surface area contributed by atoms with Crippen molar-refractivity contribution in [3.63, 3.8) is 0 Å². The molecule has 0 unspecified atom stereocenters. The largest absolute Gasteiger partial charge is 0.355 e. The van der Waals surface area contributed by atoms with Gasteiger partial charge in [0.25, 0.3) is 0 Å². The van der Waals surface area contributed by atoms with Crippen LogP contribution in [0.5, 0.6) is 0 Å². The Labute approximate surface area is 128 Å². The maximum atomic E-state index is 4.41. The number of aryl methyl sites for hydroxylation is 1. The zero-order valence-corrected chi connectivity index (χ0v) is 13.1. The lowest BCUT2D eigenvalue weighted by molar-refractivity contribution is 0.785. The molecule has 0 spiro atoms. The van der Waals surface area contributed by atoms with Crippen LogP contribution in [0.3, 0.4) is 0 Å². The molecule has 0 saturated heterocycles. The summed E-state index contributed by atoms with van der Waals surface area (Å²) in [6.07, 6.45) is 5.49. The van der Waals surface area contributed by atoms with Crippen LogP contribution in [0.2, 0.25) is 0 Å². The van der Waals surface area contributed by atoms with Crippen LogP contribution in [-0.4, -0.2) is 33.1 Å². The molecule has 0 radical (unpaired) electrons. The van der Waals surface area contributed by atoms with Crippen molar-refractivity contribution in [1.29, 1.82) is 0 Å². The van der Waals surface area contributed by atoms with Gasteiger partial charge in [-0.05, 0) is 24.0 Å². The summed E-state index contributed by atoms with van der Waals surface area (Å²) in [5.74, 6) is 0.905. The van der Waals surface area contributed by atoms with Gasteiger partial charge in [-0.1, -0.05) is 12.1 Å². The van der Waals surface area contributed by atoms with Crippen LogP contribution in [0, 0.1) is 0 Å². The van der Waals surface area contributed by atoms with Crippen LogP contribution >= 0.6 is 11.8 Å². The minimum absolute atomic E-state index is 0.801. The Morgan fingerprint density at radius 2 is 1.95 bits per heavy atom. The summed E-state index contributed by atoms with van der Waals surface area (Å²) < 4.78 is 1.77. The summed E-state index contributed by atoms with van der Waals surface area (Å²) in [6.45, 7) is 0.801. The number of fused-ring (bicyclic) bond motifs is 1. The van der Waals surface area contributed by atoms with E-state index in [1.54, 1.807) is 22.8 Å². The number of benzene rings is 1. The maximum absolute atomic E-state index is 4.41. The molecule has 1 aromatic carbocycles. The van der Waals surface area contributed by atoms with E-state index in [-0.39, 0.29) is 0 Å². The highest BCUT2D eigenvalue weighted by atomic mass is 32.2. The van der Waals surface area contributed by atoms with Gasteiger partial charge in [0.05, 0.1) is 11.6 Å². The summed E-state index contributed by atoms with van der Waals surface area (Å²) in [5.41, 5.74) is 2.11. The van der Waals surface area contributed by atoms with Crippen molar-refractivity contribution in [2.75, 3.05) is 18.2 Å². The number of rotatable bonds is 4. The fourth-order valence-corrected chi connectivity index (χ4v) is 2.74. The molecule has 21 heavy (non-hydrogen) atoms. The van der Waals surface area contributed by atoms with E-state index in [4.69, 9.17) is 0 Å². The van der Waals surface area contributed by atoms with E-state index >= 15 is 0 Å². The monoisotopic (exact) mass is 299 g/mol. The summed E-state index contributed by atoms with van der Waals surface area (Å²) in [6, 6.07) is 8.61. The molecule has 0 bridgehead atoms. The molecule has 0 fully saturated rings. The topological polar surface area (TPSA) is 46.8 Å². The summed E-state index contributed by atoms with van der Waals surface area (Å²) in [4.78, 5) is 12.1. The SMILES string of the molecule is CSc1ccc(CN(C)c2ncnc3c2cnn3C)cc1. The third-order valence-corrected chi connectivity index (χ3v) is 4.19. The molecule has 0 aliphatic carbocycles. The molecular weight excluding hydrogens is 282 g/mol. The van der Waals surface area contributed by atoms with Crippen molar-refractivity contribution in [2.24, 2.45) is 7.05 Å². The van der Waals surface area contributed by atoms with Crippen LogP contribution < -0.4 is 4.90 Å². The van der Waals surface area contributed by atoms with Crippen molar-refractivity contribution >= 4 is 28.6 Å². The molecule has 108 valence electrons. The fraction of sp³-hybridized carbons (Fsp3) is 0.267. The van der Waals surface area contributed by atoms with Crippen LogP contribution in [0.25, 0.3) is 11.0 Å². The average molecular weight is 299 g/mol. The van der Waals surface area contributed by atoms with Gasteiger partial charge in [0.15, 0.2) is 5.65 Å². The van der Waals surface area contributed by atoms with E-state index < -0.39 is 0 Å². The Morgan fingerprint density at radius 1 is 1.19 bits per heavy atom. The molecule has 2 aromatic heterocycles. The molecule has 3 rings (SSSR count). The minimum Gasteiger partial charge on any atom is -0.355 e. The molecule has 0 N–H and O–H groups in total. The van der Waals surface area contributed by atoms with Crippen molar-refractivity contribution < 1.29 is 0 Å². The number of hydrogen-bond donors (Lipinski definition) is 0. The van der Waals surface area contributed by atoms with Crippen LogP contribution in [0.1, 0.15) is 5.56 Å². The van der Waals surface area contributed by atoms with Gasteiger partial charge in [0.2, 0.25) is 0 Å². The Bertz CT molecular complexity index is 750. The van der Waals surface area contributed by atoms with E-state index in [9.17, 15) is 0 Å². The maximum Gasteiger partial charge on any atom is 0.163 e. The average Bonchev–Trinajstić information content (AvgIpc) is 2.89. The Morgan fingerprint density at radius 3 is 2.67 bits per heavy atom. The number of thioether (sulfide) groups is 1. The molecular formula is C15H17N5S. The summed E-state index contributed by atoms with van der Waals surface area (Å²) >= 11 is 1.75. The third kappa shape index (κ3) is 2.71. The second kappa shape index (κ2) is 5.73. The fourth-order valence-electron chi connectivity index (χ4n) is 2.33. The first-order chi connectivity index (χ1) is 10.2. The van der Waals surface area contributed by atoms with Crippen molar-refractivity contribution in [1.82, 2.24) is 19.7 Å². The highest BCUT2D eigenvalue weighted by Crippen LogP contribution is 2.23.